The van der Waals surface area contributed by atoms with Crippen molar-refractivity contribution in [2.24, 2.45) is 7.05 Å². The van der Waals surface area contributed by atoms with E-state index < -0.39 is 0 Å². The number of benzene rings is 2. The fourth-order valence-corrected chi connectivity index (χ4v) is 5.22. The second-order valence-electron chi connectivity index (χ2n) is 7.90. The minimum Gasteiger partial charge on any atom is -0.348 e. The lowest BCUT2D eigenvalue weighted by molar-refractivity contribution is 0.371. The SMILES string of the molecule is CC1CC(N(C)c2nc3ccc(-c4ccc5nn(C)cc5c4)cc3s2)CCN1. The molecule has 0 bridgehead atoms. The van der Waals surface area contributed by atoms with E-state index >= 15 is 0 Å². The average Bonchev–Trinajstić information content (AvgIpc) is 3.28. The summed E-state index contributed by atoms with van der Waals surface area (Å²) in [5.74, 6) is 0. The first kappa shape index (κ1) is 17.6. The normalized spacial score (nSPS) is 20.1. The molecule has 0 radical (unpaired) electrons. The maximum Gasteiger partial charge on any atom is 0.186 e. The van der Waals surface area contributed by atoms with E-state index in [0.29, 0.717) is 12.1 Å². The summed E-state index contributed by atoms with van der Waals surface area (Å²) < 4.78 is 3.11. The molecule has 2 aromatic carbocycles. The molecular formula is C22H25N5S. The Kier molecular flexibility index (Phi) is 4.33. The van der Waals surface area contributed by atoms with Crippen molar-refractivity contribution in [3.05, 3.63) is 42.6 Å². The number of hydrogen-bond acceptors (Lipinski definition) is 5. The van der Waals surface area contributed by atoms with Crippen molar-refractivity contribution in [3.8, 4) is 11.1 Å². The Morgan fingerprint density at radius 3 is 2.75 bits per heavy atom. The van der Waals surface area contributed by atoms with Gasteiger partial charge < -0.3 is 10.2 Å². The monoisotopic (exact) mass is 391 g/mol. The number of rotatable bonds is 3. The lowest BCUT2D eigenvalue weighted by Gasteiger charge is -2.34. The summed E-state index contributed by atoms with van der Waals surface area (Å²) in [4.78, 5) is 7.29. The molecule has 144 valence electrons. The van der Waals surface area contributed by atoms with Crippen LogP contribution in [0.2, 0.25) is 0 Å². The Bertz CT molecular complexity index is 1140. The topological polar surface area (TPSA) is 46.0 Å². The molecule has 1 N–H and O–H groups in total. The van der Waals surface area contributed by atoms with Gasteiger partial charge in [-0.05, 0) is 61.7 Å². The summed E-state index contributed by atoms with van der Waals surface area (Å²) >= 11 is 1.79. The molecule has 0 saturated carbocycles. The van der Waals surface area contributed by atoms with E-state index in [4.69, 9.17) is 4.98 Å². The summed E-state index contributed by atoms with van der Waals surface area (Å²) in [5, 5.41) is 10.3. The van der Waals surface area contributed by atoms with Crippen LogP contribution in [-0.2, 0) is 7.05 Å². The van der Waals surface area contributed by atoms with Crippen molar-refractivity contribution in [3.63, 3.8) is 0 Å². The van der Waals surface area contributed by atoms with E-state index in [1.165, 1.54) is 34.1 Å². The number of nitrogens with one attached hydrogen (secondary N) is 1. The van der Waals surface area contributed by atoms with E-state index in [9.17, 15) is 0 Å². The summed E-state index contributed by atoms with van der Waals surface area (Å²) in [6, 6.07) is 14.2. The maximum atomic E-state index is 4.91. The summed E-state index contributed by atoms with van der Waals surface area (Å²) in [7, 11) is 4.15. The number of aromatic nitrogens is 3. The molecule has 1 aliphatic heterocycles. The lowest BCUT2D eigenvalue weighted by Crippen LogP contribution is -2.45. The van der Waals surface area contributed by atoms with Gasteiger partial charge in [0.15, 0.2) is 5.13 Å². The zero-order chi connectivity index (χ0) is 19.3. The van der Waals surface area contributed by atoms with E-state index in [-0.39, 0.29) is 0 Å². The first-order valence-corrected chi connectivity index (χ1v) is 10.7. The van der Waals surface area contributed by atoms with Crippen molar-refractivity contribution in [1.82, 2.24) is 20.1 Å². The van der Waals surface area contributed by atoms with Crippen LogP contribution in [0.5, 0.6) is 0 Å². The van der Waals surface area contributed by atoms with Gasteiger partial charge in [0.1, 0.15) is 0 Å². The fraction of sp³-hybridized carbons (Fsp3) is 0.364. The fourth-order valence-electron chi connectivity index (χ4n) is 4.19. The molecule has 6 heteroatoms. The van der Waals surface area contributed by atoms with Crippen LogP contribution >= 0.6 is 11.3 Å². The number of aryl methyl sites for hydroxylation is 1. The second kappa shape index (κ2) is 6.87. The van der Waals surface area contributed by atoms with Crippen molar-refractivity contribution in [1.29, 1.82) is 0 Å². The number of thiazole rings is 1. The zero-order valence-electron chi connectivity index (χ0n) is 16.5. The largest absolute Gasteiger partial charge is 0.348 e. The molecule has 0 aliphatic carbocycles. The molecule has 4 aromatic rings. The van der Waals surface area contributed by atoms with Gasteiger partial charge in [-0.25, -0.2) is 4.98 Å². The van der Waals surface area contributed by atoms with Crippen LogP contribution < -0.4 is 10.2 Å². The van der Waals surface area contributed by atoms with E-state index in [1.54, 1.807) is 11.3 Å². The zero-order valence-corrected chi connectivity index (χ0v) is 17.3. The Hall–Kier alpha value is -2.44. The minimum absolute atomic E-state index is 0.560. The Balaban J connectivity index is 1.47. The molecule has 5 rings (SSSR count). The van der Waals surface area contributed by atoms with Crippen LogP contribution in [0, 0.1) is 0 Å². The van der Waals surface area contributed by atoms with Crippen LogP contribution in [0.4, 0.5) is 5.13 Å². The Morgan fingerprint density at radius 2 is 1.93 bits per heavy atom. The number of piperidine rings is 1. The van der Waals surface area contributed by atoms with Gasteiger partial charge >= 0.3 is 0 Å². The van der Waals surface area contributed by atoms with Gasteiger partial charge in [-0.15, -0.1) is 0 Å². The second-order valence-corrected chi connectivity index (χ2v) is 8.91. The van der Waals surface area contributed by atoms with Gasteiger partial charge in [0, 0.05) is 37.8 Å². The molecule has 0 amide bonds. The highest BCUT2D eigenvalue weighted by atomic mass is 32.1. The Morgan fingerprint density at radius 1 is 1.14 bits per heavy atom. The highest BCUT2D eigenvalue weighted by Crippen LogP contribution is 2.34. The molecule has 2 aromatic heterocycles. The molecule has 1 saturated heterocycles. The minimum atomic E-state index is 0.560. The predicted molar refractivity (Wildman–Crippen MR) is 118 cm³/mol. The highest BCUT2D eigenvalue weighted by Gasteiger charge is 2.24. The Labute approximate surface area is 169 Å². The van der Waals surface area contributed by atoms with Crippen molar-refractivity contribution in [2.45, 2.75) is 31.8 Å². The van der Waals surface area contributed by atoms with Crippen LogP contribution in [0.1, 0.15) is 19.8 Å². The van der Waals surface area contributed by atoms with E-state index in [2.05, 4.69) is 71.9 Å². The van der Waals surface area contributed by atoms with Crippen LogP contribution in [0.25, 0.3) is 32.2 Å². The summed E-state index contributed by atoms with van der Waals surface area (Å²) in [6.45, 7) is 3.35. The van der Waals surface area contributed by atoms with Crippen molar-refractivity contribution < 1.29 is 0 Å². The van der Waals surface area contributed by atoms with Gasteiger partial charge in [0.25, 0.3) is 0 Å². The quantitative estimate of drug-likeness (QED) is 0.561. The van der Waals surface area contributed by atoms with E-state index in [1.807, 2.05) is 11.7 Å². The molecule has 1 aliphatic rings. The molecule has 2 unspecified atom stereocenters. The van der Waals surface area contributed by atoms with Gasteiger partial charge in [-0.1, -0.05) is 23.5 Å². The third-order valence-corrected chi connectivity index (χ3v) is 6.88. The van der Waals surface area contributed by atoms with E-state index in [0.717, 1.165) is 22.7 Å². The molecule has 3 heterocycles. The predicted octanol–water partition coefficient (Wildman–Crippen LogP) is 4.43. The molecular weight excluding hydrogens is 366 g/mol. The highest BCUT2D eigenvalue weighted by molar-refractivity contribution is 7.22. The number of anilines is 1. The summed E-state index contributed by atoms with van der Waals surface area (Å²) in [5.41, 5.74) is 4.56. The first-order valence-electron chi connectivity index (χ1n) is 9.87. The number of hydrogen-bond donors (Lipinski definition) is 1. The van der Waals surface area contributed by atoms with Gasteiger partial charge in [-0.2, -0.15) is 5.10 Å². The molecule has 1 fully saturated rings. The third kappa shape index (κ3) is 3.16. The standard InChI is InChI=1S/C22H25N5S/c1-14-10-18(8-9-23-14)27(3)22-24-20-7-5-16(12-21(20)28-22)15-4-6-19-17(11-15)13-26(2)25-19/h4-7,11-14,18,23H,8-10H2,1-3H3. The smallest absolute Gasteiger partial charge is 0.186 e. The van der Waals surface area contributed by atoms with Gasteiger partial charge in [0.05, 0.1) is 15.7 Å². The van der Waals surface area contributed by atoms with Gasteiger partial charge in [0.2, 0.25) is 0 Å². The third-order valence-electron chi connectivity index (χ3n) is 5.77. The molecule has 5 nitrogen and oxygen atoms in total. The molecule has 28 heavy (non-hydrogen) atoms. The van der Waals surface area contributed by atoms with Crippen LogP contribution in [0.15, 0.2) is 42.6 Å². The number of nitrogens with zero attached hydrogens (tertiary/aromatic N) is 4. The lowest BCUT2D eigenvalue weighted by atomic mass is 10.00. The average molecular weight is 392 g/mol. The maximum absolute atomic E-state index is 4.91. The van der Waals surface area contributed by atoms with Crippen molar-refractivity contribution >= 4 is 37.6 Å². The van der Waals surface area contributed by atoms with Crippen LogP contribution in [-0.4, -0.2) is 40.4 Å². The van der Waals surface area contributed by atoms with Gasteiger partial charge in [-0.3, -0.25) is 4.68 Å². The van der Waals surface area contributed by atoms with Crippen LogP contribution in [0.3, 0.4) is 0 Å². The summed E-state index contributed by atoms with van der Waals surface area (Å²) in [6.07, 6.45) is 4.41. The molecule has 0 spiro atoms. The van der Waals surface area contributed by atoms with Crippen molar-refractivity contribution in [2.75, 3.05) is 18.5 Å². The first-order chi connectivity index (χ1) is 13.6. The number of fused-ring (bicyclic) bond motifs is 2. The molecule has 2 atom stereocenters.